The van der Waals surface area contributed by atoms with Crippen LogP contribution in [0.3, 0.4) is 0 Å². The second-order valence-electron chi connectivity index (χ2n) is 4.58. The van der Waals surface area contributed by atoms with E-state index in [0.29, 0.717) is 17.3 Å². The van der Waals surface area contributed by atoms with E-state index in [2.05, 4.69) is 10.4 Å². The zero-order valence-corrected chi connectivity index (χ0v) is 12.4. The third-order valence-electron chi connectivity index (χ3n) is 2.92. The van der Waals surface area contributed by atoms with E-state index < -0.39 is 4.92 Å². The minimum atomic E-state index is -0.630. The van der Waals surface area contributed by atoms with Crippen molar-refractivity contribution in [2.45, 2.75) is 19.9 Å². The van der Waals surface area contributed by atoms with Gasteiger partial charge in [0.25, 0.3) is 5.69 Å². The maximum absolute atomic E-state index is 11.8. The number of aryl methyl sites for hydroxylation is 2. The zero-order chi connectivity index (χ0) is 16.3. The molecule has 0 aliphatic carbocycles. The van der Waals surface area contributed by atoms with Crippen molar-refractivity contribution in [3.8, 4) is 5.75 Å². The van der Waals surface area contributed by atoms with E-state index in [1.165, 1.54) is 12.1 Å². The number of carbonyl (C=O) groups is 1. The van der Waals surface area contributed by atoms with Crippen molar-refractivity contribution in [1.82, 2.24) is 9.78 Å². The van der Waals surface area contributed by atoms with Gasteiger partial charge >= 0.3 is 0 Å². The van der Waals surface area contributed by atoms with Gasteiger partial charge in [-0.3, -0.25) is 19.6 Å². The van der Waals surface area contributed by atoms with E-state index in [4.69, 9.17) is 11.6 Å². The minimum absolute atomic E-state index is 0.116. The summed E-state index contributed by atoms with van der Waals surface area (Å²) in [6.07, 6.45) is 1.74. The molecule has 9 heteroatoms. The maximum atomic E-state index is 11.8. The van der Waals surface area contributed by atoms with Crippen LogP contribution in [0.5, 0.6) is 5.75 Å². The molecule has 0 unspecified atom stereocenters. The number of hydrogen-bond donors (Lipinski definition) is 2. The molecule has 0 aliphatic rings. The van der Waals surface area contributed by atoms with Crippen molar-refractivity contribution >= 4 is 28.9 Å². The van der Waals surface area contributed by atoms with Crippen LogP contribution in [0.4, 0.5) is 11.4 Å². The lowest BCUT2D eigenvalue weighted by Gasteiger charge is -2.07. The van der Waals surface area contributed by atoms with Crippen molar-refractivity contribution in [1.29, 1.82) is 0 Å². The molecule has 0 saturated heterocycles. The Hall–Kier alpha value is -2.61. The van der Waals surface area contributed by atoms with E-state index in [9.17, 15) is 20.0 Å². The first kappa shape index (κ1) is 15.8. The largest absolute Gasteiger partial charge is 0.506 e. The number of nitro groups is 1. The van der Waals surface area contributed by atoms with E-state index in [1.54, 1.807) is 17.8 Å². The van der Waals surface area contributed by atoms with E-state index in [-0.39, 0.29) is 29.5 Å². The SMILES string of the molecule is Cc1nn(CCC(=O)Nc2ccc([N+](=O)[O-])cc2O)cc1Cl. The Labute approximate surface area is 130 Å². The van der Waals surface area contributed by atoms with Crippen LogP contribution in [0, 0.1) is 17.0 Å². The number of halogens is 1. The Balaban J connectivity index is 1.96. The number of carbonyl (C=O) groups excluding carboxylic acids is 1. The van der Waals surface area contributed by atoms with Crippen LogP contribution in [0.1, 0.15) is 12.1 Å². The molecule has 0 spiro atoms. The van der Waals surface area contributed by atoms with E-state index >= 15 is 0 Å². The van der Waals surface area contributed by atoms with Crippen molar-refractivity contribution in [2.24, 2.45) is 0 Å². The van der Waals surface area contributed by atoms with Crippen LogP contribution in [-0.2, 0) is 11.3 Å². The van der Waals surface area contributed by atoms with Gasteiger partial charge in [-0.2, -0.15) is 5.10 Å². The monoisotopic (exact) mass is 324 g/mol. The van der Waals surface area contributed by atoms with Crippen LogP contribution in [0.2, 0.25) is 5.02 Å². The van der Waals surface area contributed by atoms with Crippen molar-refractivity contribution < 1.29 is 14.8 Å². The summed E-state index contributed by atoms with van der Waals surface area (Å²) in [4.78, 5) is 21.8. The highest BCUT2D eigenvalue weighted by Crippen LogP contribution is 2.27. The number of benzene rings is 1. The Morgan fingerprint density at radius 1 is 1.55 bits per heavy atom. The average Bonchev–Trinajstić information content (AvgIpc) is 2.77. The number of nitro benzene ring substituents is 1. The number of phenolic OH excluding ortho intramolecular Hbond substituents is 1. The fourth-order valence-corrected chi connectivity index (χ4v) is 1.93. The predicted octanol–water partition coefficient (Wildman–Crippen LogP) is 2.49. The van der Waals surface area contributed by atoms with E-state index in [0.717, 1.165) is 6.07 Å². The summed E-state index contributed by atoms with van der Waals surface area (Å²) in [5.74, 6) is -0.714. The van der Waals surface area contributed by atoms with Crippen molar-refractivity contribution in [3.05, 3.63) is 45.2 Å². The summed E-state index contributed by atoms with van der Waals surface area (Å²) in [5, 5.41) is 27.3. The number of amides is 1. The quantitative estimate of drug-likeness (QED) is 0.498. The summed E-state index contributed by atoms with van der Waals surface area (Å²) >= 11 is 5.86. The van der Waals surface area contributed by atoms with Gasteiger partial charge in [0.15, 0.2) is 0 Å². The van der Waals surface area contributed by atoms with Gasteiger partial charge in [0.05, 0.1) is 27.4 Å². The molecular formula is C13H13ClN4O4. The van der Waals surface area contributed by atoms with Crippen LogP contribution in [-0.4, -0.2) is 25.7 Å². The van der Waals surface area contributed by atoms with Crippen LogP contribution in [0.15, 0.2) is 24.4 Å². The van der Waals surface area contributed by atoms with Gasteiger partial charge in [0.1, 0.15) is 5.75 Å². The fourth-order valence-electron chi connectivity index (χ4n) is 1.78. The predicted molar refractivity (Wildman–Crippen MR) is 80.0 cm³/mol. The average molecular weight is 325 g/mol. The van der Waals surface area contributed by atoms with Gasteiger partial charge in [0, 0.05) is 25.2 Å². The van der Waals surface area contributed by atoms with Crippen LogP contribution >= 0.6 is 11.6 Å². The molecule has 0 fully saturated rings. The highest BCUT2D eigenvalue weighted by Gasteiger charge is 2.12. The number of anilines is 1. The third kappa shape index (κ3) is 3.73. The molecule has 1 aromatic heterocycles. The maximum Gasteiger partial charge on any atom is 0.273 e. The smallest absolute Gasteiger partial charge is 0.273 e. The molecule has 2 N–H and O–H groups in total. The van der Waals surface area contributed by atoms with Gasteiger partial charge in [-0.25, -0.2) is 0 Å². The van der Waals surface area contributed by atoms with Crippen molar-refractivity contribution in [2.75, 3.05) is 5.32 Å². The zero-order valence-electron chi connectivity index (χ0n) is 11.6. The fraction of sp³-hybridized carbons (Fsp3) is 0.231. The number of rotatable bonds is 5. The first-order chi connectivity index (χ1) is 10.4. The van der Waals surface area contributed by atoms with Gasteiger partial charge in [-0.1, -0.05) is 11.6 Å². The Morgan fingerprint density at radius 2 is 2.27 bits per heavy atom. The number of nitrogens with zero attached hydrogens (tertiary/aromatic N) is 3. The molecule has 0 atom stereocenters. The van der Waals surface area contributed by atoms with Gasteiger partial charge in [-0.15, -0.1) is 0 Å². The molecule has 0 bridgehead atoms. The topological polar surface area (TPSA) is 110 Å². The van der Waals surface area contributed by atoms with Gasteiger partial charge in [0.2, 0.25) is 5.91 Å². The second-order valence-corrected chi connectivity index (χ2v) is 4.99. The molecule has 1 heterocycles. The highest BCUT2D eigenvalue weighted by molar-refractivity contribution is 6.31. The van der Waals surface area contributed by atoms with E-state index in [1.807, 2.05) is 0 Å². The molecule has 116 valence electrons. The molecule has 2 aromatic rings. The normalized spacial score (nSPS) is 10.5. The Morgan fingerprint density at radius 3 is 2.82 bits per heavy atom. The van der Waals surface area contributed by atoms with Gasteiger partial charge < -0.3 is 10.4 Å². The molecule has 1 aromatic carbocycles. The Kier molecular flexibility index (Phi) is 4.62. The lowest BCUT2D eigenvalue weighted by molar-refractivity contribution is -0.384. The number of aromatic nitrogens is 2. The Bertz CT molecular complexity index is 709. The van der Waals surface area contributed by atoms with Crippen molar-refractivity contribution in [3.63, 3.8) is 0 Å². The first-order valence-corrected chi connectivity index (χ1v) is 6.71. The van der Waals surface area contributed by atoms with Crippen LogP contribution < -0.4 is 5.32 Å². The molecular weight excluding hydrogens is 312 g/mol. The molecule has 0 aliphatic heterocycles. The third-order valence-corrected chi connectivity index (χ3v) is 3.29. The molecule has 0 radical (unpaired) electrons. The summed E-state index contributed by atoms with van der Waals surface area (Å²) in [7, 11) is 0. The van der Waals surface area contributed by atoms with Gasteiger partial charge in [-0.05, 0) is 13.0 Å². The van der Waals surface area contributed by atoms with Crippen LogP contribution in [0.25, 0.3) is 0 Å². The number of aromatic hydroxyl groups is 1. The molecule has 22 heavy (non-hydrogen) atoms. The molecule has 0 saturated carbocycles. The standard InChI is InChI=1S/C13H13ClN4O4/c1-8-10(14)7-17(16-8)5-4-13(20)15-11-3-2-9(18(21)22)6-12(11)19/h2-3,6-7,19H,4-5H2,1H3,(H,15,20). The molecule has 8 nitrogen and oxygen atoms in total. The lowest BCUT2D eigenvalue weighted by atomic mass is 10.2. The molecule has 2 rings (SSSR count). The highest BCUT2D eigenvalue weighted by atomic mass is 35.5. The summed E-state index contributed by atoms with van der Waals surface area (Å²) in [6.45, 7) is 2.08. The number of non-ortho nitro benzene ring substituents is 1. The lowest BCUT2D eigenvalue weighted by Crippen LogP contribution is -2.15. The summed E-state index contributed by atoms with van der Waals surface area (Å²) in [6, 6.07) is 3.46. The first-order valence-electron chi connectivity index (χ1n) is 6.33. The number of nitrogens with one attached hydrogen (secondary N) is 1. The second kappa shape index (κ2) is 6.44. The number of phenols is 1. The molecule has 1 amide bonds. The minimum Gasteiger partial charge on any atom is -0.506 e. The number of hydrogen-bond acceptors (Lipinski definition) is 5. The summed E-state index contributed by atoms with van der Waals surface area (Å²) < 4.78 is 1.55. The summed E-state index contributed by atoms with van der Waals surface area (Å²) in [5.41, 5.74) is 0.539.